The maximum Gasteiger partial charge on any atom is 0.291 e. The van der Waals surface area contributed by atoms with Crippen LogP contribution >= 0.6 is 11.5 Å². The molecule has 0 aliphatic heterocycles. The summed E-state index contributed by atoms with van der Waals surface area (Å²) >= 11 is 1.07. The molecule has 41 valence electrons. The summed E-state index contributed by atoms with van der Waals surface area (Å²) in [5.74, 6) is -0.779. The molecule has 0 aliphatic carbocycles. The molecule has 0 atom stereocenters. The number of carbonyl (C=O) groups excluding carboxylic acids is 1. The van der Waals surface area contributed by atoms with Crippen molar-refractivity contribution >= 4 is 17.4 Å². The molecule has 1 radical (unpaired) electrons. The smallest absolute Gasteiger partial charge is 0.266 e. The van der Waals surface area contributed by atoms with E-state index in [1.165, 1.54) is 5.38 Å². The lowest BCUT2D eigenvalue weighted by Crippen LogP contribution is -1.98. The number of nitrogens with zero attached hydrogens (tertiary/aromatic N) is 2. The number of hydrogen-bond acceptors (Lipinski definition) is 4. The zero-order valence-corrected chi connectivity index (χ0v) is 4.60. The van der Waals surface area contributed by atoms with E-state index in [9.17, 15) is 4.79 Å². The maximum atomic E-state index is 10.1. The molecule has 1 aromatic rings. The van der Waals surface area contributed by atoms with Crippen LogP contribution < -0.4 is 5.73 Å². The van der Waals surface area contributed by atoms with Crippen molar-refractivity contribution in [2.75, 3.05) is 0 Å². The van der Waals surface area contributed by atoms with Crippen LogP contribution in [0.4, 0.5) is 0 Å². The van der Waals surface area contributed by atoms with E-state index in [1.54, 1.807) is 0 Å². The molecule has 0 aromatic carbocycles. The van der Waals surface area contributed by atoms with Crippen molar-refractivity contribution in [3.63, 3.8) is 0 Å². The van der Waals surface area contributed by atoms with Crippen molar-refractivity contribution in [1.29, 1.82) is 0 Å². The zero-order valence-electron chi connectivity index (χ0n) is 3.79. The third kappa shape index (κ3) is 0.812. The third-order valence-electron chi connectivity index (χ3n) is 0.593. The molecule has 1 N–H and O–H groups in total. The van der Waals surface area contributed by atoms with Crippen LogP contribution in [-0.4, -0.2) is 15.5 Å². The topological polar surface area (TPSA) is 66.7 Å². The van der Waals surface area contributed by atoms with E-state index >= 15 is 0 Å². The molecule has 0 spiro atoms. The van der Waals surface area contributed by atoms with Gasteiger partial charge in [-0.25, -0.2) is 0 Å². The van der Waals surface area contributed by atoms with Gasteiger partial charge in [0.1, 0.15) is 0 Å². The molecule has 1 rings (SSSR count). The van der Waals surface area contributed by atoms with Gasteiger partial charge in [0.2, 0.25) is 0 Å². The lowest BCUT2D eigenvalue weighted by atomic mass is 10.5. The Kier molecular flexibility index (Phi) is 1.21. The van der Waals surface area contributed by atoms with Gasteiger partial charge < -0.3 is 0 Å². The largest absolute Gasteiger partial charge is 0.291 e. The summed E-state index contributed by atoms with van der Waals surface area (Å²) in [5.41, 5.74) is 6.62. The van der Waals surface area contributed by atoms with Gasteiger partial charge in [0, 0.05) is 5.38 Å². The molecule has 1 amide bonds. The number of rotatable bonds is 1. The Balaban J connectivity index is 2.93. The van der Waals surface area contributed by atoms with Gasteiger partial charge >= 0.3 is 0 Å². The first-order valence-corrected chi connectivity index (χ1v) is 2.67. The van der Waals surface area contributed by atoms with Crippen LogP contribution in [0.25, 0.3) is 0 Å². The highest BCUT2D eigenvalue weighted by Gasteiger charge is 2.01. The van der Waals surface area contributed by atoms with E-state index in [-0.39, 0.29) is 5.69 Å². The van der Waals surface area contributed by atoms with Crippen LogP contribution in [0.2, 0.25) is 0 Å². The van der Waals surface area contributed by atoms with E-state index in [0.717, 1.165) is 11.5 Å². The molecule has 0 aliphatic rings. The third-order valence-corrected chi connectivity index (χ3v) is 1.10. The molecular weight excluding hydrogens is 126 g/mol. The lowest BCUT2D eigenvalue weighted by molar-refractivity contribution is 0.0987. The molecule has 0 fully saturated rings. The van der Waals surface area contributed by atoms with Gasteiger partial charge in [0.05, 0.1) is 0 Å². The summed E-state index contributed by atoms with van der Waals surface area (Å²) in [5, 5.41) is 4.79. The fourth-order valence-corrected chi connectivity index (χ4v) is 0.700. The molecule has 0 saturated heterocycles. The minimum atomic E-state index is -0.779. The normalized spacial score (nSPS) is 9.00. The van der Waals surface area contributed by atoms with Crippen LogP contribution in [0.3, 0.4) is 0 Å². The fraction of sp³-hybridized carbons (Fsp3) is 0. The average Bonchev–Trinajstić information content (AvgIpc) is 2.12. The van der Waals surface area contributed by atoms with E-state index in [0.29, 0.717) is 0 Å². The predicted octanol–water partition coefficient (Wildman–Crippen LogP) is -0.0388. The van der Waals surface area contributed by atoms with Gasteiger partial charge in [-0.3, -0.25) is 10.5 Å². The van der Waals surface area contributed by atoms with Crippen molar-refractivity contribution < 1.29 is 4.79 Å². The number of carbonyl (C=O) groups is 1. The van der Waals surface area contributed by atoms with Crippen LogP contribution in [0.15, 0.2) is 5.38 Å². The zero-order chi connectivity index (χ0) is 5.98. The monoisotopic (exact) mass is 128 g/mol. The quantitative estimate of drug-likeness (QED) is 0.533. The van der Waals surface area contributed by atoms with Crippen molar-refractivity contribution in [3.05, 3.63) is 11.1 Å². The van der Waals surface area contributed by atoms with Gasteiger partial charge in [-0.15, -0.1) is 5.10 Å². The standard InChI is InChI=1S/C3H2N3OS/c4-3(7)2-1-8-6-5-2/h1,4H. The summed E-state index contributed by atoms with van der Waals surface area (Å²) in [7, 11) is 0. The van der Waals surface area contributed by atoms with Crippen molar-refractivity contribution in [2.45, 2.75) is 0 Å². The molecule has 8 heavy (non-hydrogen) atoms. The highest BCUT2D eigenvalue weighted by Crippen LogP contribution is 1.93. The highest BCUT2D eigenvalue weighted by atomic mass is 32.1. The van der Waals surface area contributed by atoms with Crippen molar-refractivity contribution in [2.24, 2.45) is 0 Å². The molecule has 4 nitrogen and oxygen atoms in total. The minimum absolute atomic E-state index is 0.120. The maximum absolute atomic E-state index is 10.1. The Morgan fingerprint density at radius 2 is 2.62 bits per heavy atom. The first kappa shape index (κ1) is 5.17. The Hall–Kier alpha value is -0.970. The van der Waals surface area contributed by atoms with Crippen LogP contribution in [0, 0.1) is 0 Å². The SMILES string of the molecule is [NH]C(=O)c1csnn1. The van der Waals surface area contributed by atoms with Crippen LogP contribution in [-0.2, 0) is 0 Å². The number of hydrogen-bond donors (Lipinski definition) is 0. The highest BCUT2D eigenvalue weighted by molar-refractivity contribution is 7.03. The number of nitrogens with one attached hydrogen (secondary N) is 1. The number of aromatic nitrogens is 2. The molecule has 5 heteroatoms. The second kappa shape index (κ2) is 1.87. The Morgan fingerprint density at radius 3 is 2.88 bits per heavy atom. The van der Waals surface area contributed by atoms with E-state index in [1.807, 2.05) is 0 Å². The van der Waals surface area contributed by atoms with Gasteiger partial charge in [-0.2, -0.15) is 0 Å². The first-order valence-electron chi connectivity index (χ1n) is 1.83. The van der Waals surface area contributed by atoms with Gasteiger partial charge in [-0.1, -0.05) is 4.49 Å². The van der Waals surface area contributed by atoms with Gasteiger partial charge in [-0.05, 0) is 11.5 Å². The van der Waals surface area contributed by atoms with Gasteiger partial charge in [0.15, 0.2) is 5.69 Å². The molecule has 1 aromatic heterocycles. The summed E-state index contributed by atoms with van der Waals surface area (Å²) in [6.45, 7) is 0. The second-order valence-electron chi connectivity index (χ2n) is 1.12. The van der Waals surface area contributed by atoms with E-state index in [4.69, 9.17) is 5.73 Å². The molecule has 0 bridgehead atoms. The Morgan fingerprint density at radius 1 is 1.88 bits per heavy atom. The van der Waals surface area contributed by atoms with Gasteiger partial charge in [0.25, 0.3) is 5.91 Å². The van der Waals surface area contributed by atoms with Crippen LogP contribution in [0.1, 0.15) is 10.5 Å². The van der Waals surface area contributed by atoms with Crippen molar-refractivity contribution in [1.82, 2.24) is 15.3 Å². The second-order valence-corrected chi connectivity index (χ2v) is 1.73. The van der Waals surface area contributed by atoms with E-state index in [2.05, 4.69) is 9.59 Å². The first-order chi connectivity index (χ1) is 3.80. The molecule has 0 saturated carbocycles. The number of amides is 1. The Bertz CT molecular complexity index is 182. The average molecular weight is 128 g/mol. The van der Waals surface area contributed by atoms with Crippen LogP contribution in [0.5, 0.6) is 0 Å². The lowest BCUT2D eigenvalue weighted by Gasteiger charge is -1.74. The van der Waals surface area contributed by atoms with E-state index < -0.39 is 5.91 Å². The molecule has 1 heterocycles. The summed E-state index contributed by atoms with van der Waals surface area (Å²) in [4.78, 5) is 10.1. The molecule has 0 unspecified atom stereocenters. The summed E-state index contributed by atoms with van der Waals surface area (Å²) in [6.07, 6.45) is 0. The van der Waals surface area contributed by atoms with Crippen molar-refractivity contribution in [3.8, 4) is 0 Å². The minimum Gasteiger partial charge on any atom is -0.266 e. The fourth-order valence-electron chi connectivity index (χ4n) is 0.264. The summed E-state index contributed by atoms with van der Waals surface area (Å²) < 4.78 is 3.39. The summed E-state index contributed by atoms with van der Waals surface area (Å²) in [6, 6.07) is 0. The molecular formula is C3H2N3OS. The Labute approximate surface area is 49.5 Å². The predicted molar refractivity (Wildman–Crippen MR) is 27.3 cm³/mol.